The summed E-state index contributed by atoms with van der Waals surface area (Å²) in [5.41, 5.74) is 2.52. The number of rotatable bonds is 3. The summed E-state index contributed by atoms with van der Waals surface area (Å²) in [5.74, 6) is 0.284. The van der Waals surface area contributed by atoms with Crippen molar-refractivity contribution in [2.45, 2.75) is 39.0 Å². The number of anilines is 1. The predicted molar refractivity (Wildman–Crippen MR) is 108 cm³/mol. The minimum absolute atomic E-state index is 0.0275. The van der Waals surface area contributed by atoms with Gasteiger partial charge in [0.1, 0.15) is 0 Å². The number of pyridine rings is 1. The van der Waals surface area contributed by atoms with Crippen molar-refractivity contribution in [2.24, 2.45) is 5.92 Å². The van der Waals surface area contributed by atoms with Gasteiger partial charge in [-0.2, -0.15) is 5.26 Å². The van der Waals surface area contributed by atoms with E-state index in [4.69, 9.17) is 11.6 Å². The second-order valence-electron chi connectivity index (χ2n) is 7.44. The summed E-state index contributed by atoms with van der Waals surface area (Å²) >= 11 is 6.16. The number of hydrogen-bond acceptors (Lipinski definition) is 3. The van der Waals surface area contributed by atoms with Crippen LogP contribution in [0.25, 0.3) is 5.70 Å². The number of amides is 1. The zero-order valence-electron chi connectivity index (χ0n) is 15.7. The lowest BCUT2D eigenvalue weighted by molar-refractivity contribution is -0.117. The second-order valence-corrected chi connectivity index (χ2v) is 7.88. The van der Waals surface area contributed by atoms with Gasteiger partial charge in [-0.3, -0.25) is 14.7 Å². The highest BCUT2D eigenvalue weighted by molar-refractivity contribution is 6.30. The highest BCUT2D eigenvalue weighted by Crippen LogP contribution is 2.33. The molecule has 0 saturated heterocycles. The van der Waals surface area contributed by atoms with Gasteiger partial charge in [0.15, 0.2) is 0 Å². The van der Waals surface area contributed by atoms with Gasteiger partial charge >= 0.3 is 0 Å². The maximum absolute atomic E-state index is 12.9. The monoisotopic (exact) mass is 379 g/mol. The van der Waals surface area contributed by atoms with Gasteiger partial charge in [0, 0.05) is 23.3 Å². The van der Waals surface area contributed by atoms with E-state index in [1.807, 2.05) is 38.1 Å². The molecule has 1 atom stereocenters. The van der Waals surface area contributed by atoms with Crippen LogP contribution in [0.1, 0.15) is 44.9 Å². The van der Waals surface area contributed by atoms with Crippen molar-refractivity contribution >= 4 is 28.9 Å². The van der Waals surface area contributed by atoms with Crippen LogP contribution in [0.2, 0.25) is 5.02 Å². The smallest absolute Gasteiger partial charge is 0.231 e. The molecule has 5 heteroatoms. The van der Waals surface area contributed by atoms with Gasteiger partial charge < -0.3 is 0 Å². The van der Waals surface area contributed by atoms with Crippen molar-refractivity contribution in [3.63, 3.8) is 0 Å². The molecule has 0 fully saturated rings. The Morgan fingerprint density at radius 1 is 1.26 bits per heavy atom. The van der Waals surface area contributed by atoms with Crippen molar-refractivity contribution in [1.29, 1.82) is 5.26 Å². The molecule has 1 aliphatic heterocycles. The topological polar surface area (TPSA) is 57.0 Å². The molecular formula is C22H22ClN3O. The molecule has 1 unspecified atom stereocenters. The Balaban J connectivity index is 2.08. The van der Waals surface area contributed by atoms with E-state index in [-0.39, 0.29) is 11.8 Å². The third-order valence-corrected chi connectivity index (χ3v) is 5.09. The predicted octanol–water partition coefficient (Wildman–Crippen LogP) is 5.34. The van der Waals surface area contributed by atoms with Crippen molar-refractivity contribution in [1.82, 2.24) is 4.98 Å². The highest BCUT2D eigenvalue weighted by atomic mass is 35.5. The summed E-state index contributed by atoms with van der Waals surface area (Å²) in [4.78, 5) is 19.1. The Morgan fingerprint density at radius 2 is 1.96 bits per heavy atom. The van der Waals surface area contributed by atoms with E-state index >= 15 is 0 Å². The third kappa shape index (κ3) is 4.04. The fourth-order valence-electron chi connectivity index (χ4n) is 3.14. The van der Waals surface area contributed by atoms with Crippen LogP contribution in [0.3, 0.4) is 0 Å². The molecule has 0 bridgehead atoms. The molecule has 0 radical (unpaired) electrons. The van der Waals surface area contributed by atoms with Gasteiger partial charge in [-0.1, -0.05) is 36.7 Å². The Morgan fingerprint density at radius 3 is 2.59 bits per heavy atom. The van der Waals surface area contributed by atoms with Crippen LogP contribution in [0, 0.1) is 17.2 Å². The molecule has 1 amide bonds. The number of carbonyl (C=O) groups excluding carboxylic acids is 1. The van der Waals surface area contributed by atoms with E-state index in [1.165, 1.54) is 0 Å². The van der Waals surface area contributed by atoms with Crippen molar-refractivity contribution < 1.29 is 4.79 Å². The number of carbonyl (C=O) groups is 1. The molecule has 3 rings (SSSR count). The van der Waals surface area contributed by atoms with E-state index in [0.29, 0.717) is 17.1 Å². The molecule has 27 heavy (non-hydrogen) atoms. The van der Waals surface area contributed by atoms with Gasteiger partial charge in [-0.25, -0.2) is 0 Å². The van der Waals surface area contributed by atoms with Crippen LogP contribution in [0.4, 0.5) is 5.69 Å². The van der Waals surface area contributed by atoms with Crippen LogP contribution in [-0.4, -0.2) is 10.9 Å². The van der Waals surface area contributed by atoms with E-state index in [0.717, 1.165) is 23.4 Å². The molecule has 138 valence electrons. The number of halogens is 1. The highest BCUT2D eigenvalue weighted by Gasteiger charge is 2.27. The van der Waals surface area contributed by atoms with Gasteiger partial charge in [0.25, 0.3) is 0 Å². The minimum Gasteiger partial charge on any atom is -0.279 e. The molecule has 0 saturated carbocycles. The van der Waals surface area contributed by atoms with E-state index < -0.39 is 5.41 Å². The zero-order chi connectivity index (χ0) is 19.6. The lowest BCUT2D eigenvalue weighted by Gasteiger charge is -2.25. The molecule has 1 aliphatic rings. The summed E-state index contributed by atoms with van der Waals surface area (Å²) < 4.78 is 0. The Hall–Kier alpha value is -2.64. The van der Waals surface area contributed by atoms with Crippen LogP contribution < -0.4 is 4.90 Å². The second kappa shape index (κ2) is 7.54. The number of hydrogen-bond donors (Lipinski definition) is 0. The number of allylic oxidation sites excluding steroid dienone is 1. The van der Waals surface area contributed by atoms with Crippen LogP contribution in [-0.2, 0) is 10.2 Å². The first-order chi connectivity index (χ1) is 12.8. The molecule has 4 nitrogen and oxygen atoms in total. The van der Waals surface area contributed by atoms with Crippen LogP contribution in [0.5, 0.6) is 0 Å². The lowest BCUT2D eigenvalue weighted by atomic mass is 9.86. The number of benzene rings is 1. The summed E-state index contributed by atoms with van der Waals surface area (Å²) in [6, 6.07) is 13.4. The average Bonchev–Trinajstić information content (AvgIpc) is 2.80. The van der Waals surface area contributed by atoms with Crippen molar-refractivity contribution in [2.75, 3.05) is 4.90 Å². The normalized spacial score (nSPS) is 17.9. The molecule has 1 aromatic heterocycles. The van der Waals surface area contributed by atoms with E-state index in [9.17, 15) is 10.1 Å². The fourth-order valence-corrected chi connectivity index (χ4v) is 3.30. The molecule has 0 aliphatic carbocycles. The van der Waals surface area contributed by atoms with Gasteiger partial charge in [-0.15, -0.1) is 0 Å². The number of nitriles is 1. The zero-order valence-corrected chi connectivity index (χ0v) is 16.5. The Labute approximate surface area is 165 Å². The molecule has 2 heterocycles. The summed E-state index contributed by atoms with van der Waals surface area (Å²) in [5, 5.41) is 9.93. The molecule has 1 aromatic carbocycles. The van der Waals surface area contributed by atoms with E-state index in [2.05, 4.69) is 24.1 Å². The molecule has 0 N–H and O–H groups in total. The lowest BCUT2D eigenvalue weighted by Crippen LogP contribution is -2.28. The van der Waals surface area contributed by atoms with Gasteiger partial charge in [-0.05, 0) is 56.0 Å². The van der Waals surface area contributed by atoms with E-state index in [1.54, 1.807) is 23.2 Å². The van der Waals surface area contributed by atoms with Crippen molar-refractivity contribution in [3.8, 4) is 6.07 Å². The third-order valence-electron chi connectivity index (χ3n) is 4.86. The van der Waals surface area contributed by atoms with Crippen LogP contribution in [0.15, 0.2) is 48.7 Å². The molecule has 2 aromatic rings. The SMILES string of the molecule is CC1C=C(c2cc(Cl)ccn2)N(c2ccc(C(C)(C)C#N)cc2)C(=O)CC1. The maximum atomic E-state index is 12.9. The van der Waals surface area contributed by atoms with Crippen LogP contribution >= 0.6 is 11.6 Å². The molecule has 0 spiro atoms. The minimum atomic E-state index is -0.580. The number of nitrogens with zero attached hydrogens (tertiary/aromatic N) is 3. The first-order valence-corrected chi connectivity index (χ1v) is 9.38. The summed E-state index contributed by atoms with van der Waals surface area (Å²) in [7, 11) is 0. The number of aromatic nitrogens is 1. The van der Waals surface area contributed by atoms with Gasteiger partial charge in [0.2, 0.25) is 5.91 Å². The molecular weight excluding hydrogens is 358 g/mol. The summed E-state index contributed by atoms with van der Waals surface area (Å²) in [6.45, 7) is 5.85. The quantitative estimate of drug-likeness (QED) is 0.723. The Bertz CT molecular complexity index is 925. The largest absolute Gasteiger partial charge is 0.279 e. The van der Waals surface area contributed by atoms with Crippen molar-refractivity contribution in [3.05, 3.63) is 65.0 Å². The van der Waals surface area contributed by atoms with Gasteiger partial charge in [0.05, 0.1) is 22.9 Å². The Kier molecular flexibility index (Phi) is 5.34. The first-order valence-electron chi connectivity index (χ1n) is 9.00. The average molecular weight is 380 g/mol. The standard InChI is InChI=1S/C22H22ClN3O/c1-15-4-9-21(27)26(20(12-15)19-13-17(23)10-11-25-19)18-7-5-16(6-8-18)22(2,3)14-24/h5-8,10-13,15H,4,9H2,1-3H3. The first kappa shape index (κ1) is 19.1. The maximum Gasteiger partial charge on any atom is 0.231 e. The fraction of sp³-hybridized carbons (Fsp3) is 0.318. The summed E-state index contributed by atoms with van der Waals surface area (Å²) in [6.07, 6.45) is 4.98.